The van der Waals surface area contributed by atoms with Gasteiger partial charge in [0.2, 0.25) is 16.0 Å². The van der Waals surface area contributed by atoms with Crippen LogP contribution in [0.2, 0.25) is 0 Å². The number of sulfonamides is 1. The van der Waals surface area contributed by atoms with Crippen molar-refractivity contribution in [3.63, 3.8) is 0 Å². The van der Waals surface area contributed by atoms with Gasteiger partial charge in [0.05, 0.1) is 21.5 Å². The lowest BCUT2D eigenvalue weighted by molar-refractivity contribution is 0.102. The summed E-state index contributed by atoms with van der Waals surface area (Å²) in [5.74, 6) is 0.0377. The molecule has 0 aliphatic carbocycles. The van der Waals surface area contributed by atoms with E-state index in [2.05, 4.69) is 33.2 Å². The summed E-state index contributed by atoms with van der Waals surface area (Å²) in [5, 5.41) is 2.86. The van der Waals surface area contributed by atoms with Gasteiger partial charge in [-0.2, -0.15) is 4.31 Å². The van der Waals surface area contributed by atoms with Gasteiger partial charge in [-0.1, -0.05) is 19.1 Å². The van der Waals surface area contributed by atoms with E-state index in [0.717, 1.165) is 30.3 Å². The van der Waals surface area contributed by atoms with Crippen LogP contribution < -0.4 is 5.32 Å². The number of carbonyl (C=O) groups is 1. The van der Waals surface area contributed by atoms with E-state index in [1.807, 2.05) is 28.8 Å². The van der Waals surface area contributed by atoms with Gasteiger partial charge in [-0.25, -0.2) is 13.4 Å². The van der Waals surface area contributed by atoms with E-state index >= 15 is 0 Å². The van der Waals surface area contributed by atoms with Gasteiger partial charge in [0, 0.05) is 24.1 Å². The minimum Gasteiger partial charge on any atom is -0.310 e. The Hall–Kier alpha value is -2.23. The number of halogens is 1. The molecule has 7 nitrogen and oxygen atoms in total. The molecule has 0 bridgehead atoms. The van der Waals surface area contributed by atoms with Crippen LogP contribution in [0, 0.1) is 0 Å². The van der Waals surface area contributed by atoms with Crippen LogP contribution in [0.4, 0.5) is 5.95 Å². The Labute approximate surface area is 184 Å². The Bertz CT molecular complexity index is 1200. The topological polar surface area (TPSA) is 84.3 Å². The third-order valence-corrected chi connectivity index (χ3v) is 7.80. The molecule has 0 unspecified atom stereocenters. The molecule has 1 N–H and O–H groups in total. The molecule has 3 aromatic rings. The van der Waals surface area contributed by atoms with Crippen molar-refractivity contribution in [2.24, 2.45) is 0 Å². The lowest BCUT2D eigenvalue weighted by atomic mass is 10.2. The highest BCUT2D eigenvalue weighted by molar-refractivity contribution is 9.10. The number of benzene rings is 2. The van der Waals surface area contributed by atoms with Crippen LogP contribution in [0.3, 0.4) is 0 Å². The molecule has 1 saturated heterocycles. The largest absolute Gasteiger partial charge is 0.310 e. The molecule has 1 amide bonds. The second kappa shape index (κ2) is 8.49. The van der Waals surface area contributed by atoms with Gasteiger partial charge < -0.3 is 4.57 Å². The number of para-hydroxylation sites is 2. The molecule has 1 aliphatic rings. The first-order valence-electron chi connectivity index (χ1n) is 9.98. The Morgan fingerprint density at radius 2 is 1.90 bits per heavy atom. The lowest BCUT2D eigenvalue weighted by Crippen LogP contribution is -2.28. The fourth-order valence-corrected chi connectivity index (χ4v) is 5.68. The van der Waals surface area contributed by atoms with Gasteiger partial charge in [0.25, 0.3) is 5.91 Å². The minimum absolute atomic E-state index is 0.125. The summed E-state index contributed by atoms with van der Waals surface area (Å²) in [4.78, 5) is 17.7. The van der Waals surface area contributed by atoms with E-state index in [4.69, 9.17) is 0 Å². The van der Waals surface area contributed by atoms with Crippen LogP contribution in [0.5, 0.6) is 0 Å². The van der Waals surface area contributed by atoms with Crippen LogP contribution in [0.15, 0.2) is 51.8 Å². The van der Waals surface area contributed by atoms with Crippen molar-refractivity contribution in [3.05, 3.63) is 52.5 Å². The Balaban J connectivity index is 1.67. The Kier molecular flexibility index (Phi) is 5.95. The molecule has 0 saturated carbocycles. The van der Waals surface area contributed by atoms with Crippen molar-refractivity contribution in [2.75, 3.05) is 18.4 Å². The van der Waals surface area contributed by atoms with E-state index in [1.165, 1.54) is 16.4 Å². The molecule has 2 aromatic carbocycles. The number of rotatable bonds is 6. The molecular weight excluding hydrogens is 468 g/mol. The maximum absolute atomic E-state index is 13.1. The molecular formula is C21H23BrN4O3S. The number of anilines is 1. The molecule has 2 heterocycles. The summed E-state index contributed by atoms with van der Waals surface area (Å²) < 4.78 is 29.8. The van der Waals surface area contributed by atoms with Crippen LogP contribution in [0.25, 0.3) is 11.0 Å². The van der Waals surface area contributed by atoms with Gasteiger partial charge in [-0.05, 0) is 65.5 Å². The van der Waals surface area contributed by atoms with E-state index in [-0.39, 0.29) is 10.5 Å². The van der Waals surface area contributed by atoms with Gasteiger partial charge in [-0.3, -0.25) is 10.1 Å². The van der Waals surface area contributed by atoms with Crippen LogP contribution in [-0.2, 0) is 16.6 Å². The zero-order valence-corrected chi connectivity index (χ0v) is 19.0. The fourth-order valence-electron chi connectivity index (χ4n) is 3.71. The van der Waals surface area contributed by atoms with Gasteiger partial charge in [-0.15, -0.1) is 0 Å². The van der Waals surface area contributed by atoms with Crippen molar-refractivity contribution >= 4 is 48.8 Å². The van der Waals surface area contributed by atoms with Crippen molar-refractivity contribution in [1.29, 1.82) is 0 Å². The molecule has 0 spiro atoms. The zero-order chi connectivity index (χ0) is 21.3. The first-order chi connectivity index (χ1) is 14.4. The van der Waals surface area contributed by atoms with Crippen LogP contribution >= 0.6 is 15.9 Å². The molecule has 0 radical (unpaired) electrons. The number of aryl methyl sites for hydroxylation is 1. The number of hydrogen-bond acceptors (Lipinski definition) is 4. The second-order valence-electron chi connectivity index (χ2n) is 7.28. The number of imidazole rings is 1. The first kappa shape index (κ1) is 21.0. The molecule has 30 heavy (non-hydrogen) atoms. The Morgan fingerprint density at radius 1 is 1.17 bits per heavy atom. The number of fused-ring (bicyclic) bond motifs is 1. The number of nitrogens with one attached hydrogen (secondary N) is 1. The molecule has 4 rings (SSSR count). The third-order valence-electron chi connectivity index (χ3n) is 5.21. The average Bonchev–Trinajstić information content (AvgIpc) is 3.38. The fraction of sp³-hybridized carbons (Fsp3) is 0.333. The molecule has 1 aliphatic heterocycles. The highest BCUT2D eigenvalue weighted by Gasteiger charge is 2.28. The predicted octanol–water partition coefficient (Wildman–Crippen LogP) is 4.25. The molecule has 158 valence electrons. The quantitative estimate of drug-likeness (QED) is 0.559. The number of amides is 1. The predicted molar refractivity (Wildman–Crippen MR) is 120 cm³/mol. The average molecular weight is 491 g/mol. The maximum Gasteiger partial charge on any atom is 0.259 e. The first-order valence-corrected chi connectivity index (χ1v) is 12.2. The molecule has 1 fully saturated rings. The number of aromatic nitrogens is 2. The van der Waals surface area contributed by atoms with Gasteiger partial charge >= 0.3 is 0 Å². The van der Waals surface area contributed by atoms with Crippen molar-refractivity contribution < 1.29 is 13.2 Å². The zero-order valence-electron chi connectivity index (χ0n) is 16.6. The van der Waals surface area contributed by atoms with Gasteiger partial charge in [0.15, 0.2) is 0 Å². The van der Waals surface area contributed by atoms with Crippen molar-refractivity contribution in [3.8, 4) is 0 Å². The highest BCUT2D eigenvalue weighted by Crippen LogP contribution is 2.27. The number of nitrogens with zero attached hydrogens (tertiary/aromatic N) is 3. The highest BCUT2D eigenvalue weighted by atomic mass is 79.9. The summed E-state index contributed by atoms with van der Waals surface area (Å²) in [6.07, 6.45) is 2.60. The van der Waals surface area contributed by atoms with Crippen molar-refractivity contribution in [2.45, 2.75) is 37.6 Å². The van der Waals surface area contributed by atoms with Crippen molar-refractivity contribution in [1.82, 2.24) is 13.9 Å². The summed E-state index contributed by atoms with van der Waals surface area (Å²) in [7, 11) is -3.61. The molecule has 0 atom stereocenters. The van der Waals surface area contributed by atoms with Gasteiger partial charge in [0.1, 0.15) is 0 Å². The van der Waals surface area contributed by atoms with E-state index in [9.17, 15) is 13.2 Å². The molecule has 9 heteroatoms. The lowest BCUT2D eigenvalue weighted by Gasteiger charge is -2.16. The van der Waals surface area contributed by atoms with E-state index < -0.39 is 15.9 Å². The van der Waals surface area contributed by atoms with Crippen LogP contribution in [0.1, 0.15) is 36.5 Å². The smallest absolute Gasteiger partial charge is 0.259 e. The number of hydrogen-bond donors (Lipinski definition) is 1. The summed E-state index contributed by atoms with van der Waals surface area (Å²) >= 11 is 3.38. The standard InChI is InChI=1S/C21H23BrN4O3S/c1-2-11-26-19-8-4-3-7-18(19)23-21(26)24-20(27)16-14-15(9-10-17(16)22)30(28,29)25-12-5-6-13-25/h3-4,7-10,14H,2,5-6,11-13H2,1H3,(H,23,24,27). The Morgan fingerprint density at radius 3 is 2.63 bits per heavy atom. The van der Waals surface area contributed by atoms with E-state index in [1.54, 1.807) is 6.07 Å². The SMILES string of the molecule is CCCn1c(NC(=O)c2cc(S(=O)(=O)N3CCCC3)ccc2Br)nc2ccccc21. The summed E-state index contributed by atoms with van der Waals surface area (Å²) in [6, 6.07) is 12.3. The van der Waals surface area contributed by atoms with E-state index in [0.29, 0.717) is 30.1 Å². The van der Waals surface area contributed by atoms with Crippen LogP contribution in [-0.4, -0.2) is 41.3 Å². The maximum atomic E-state index is 13.1. The summed E-state index contributed by atoms with van der Waals surface area (Å²) in [5.41, 5.74) is 2.00. The normalized spacial score (nSPS) is 15.0. The summed E-state index contributed by atoms with van der Waals surface area (Å²) in [6.45, 7) is 3.80. The minimum atomic E-state index is -3.61. The third kappa shape index (κ3) is 3.89. The monoisotopic (exact) mass is 490 g/mol. The number of carbonyl (C=O) groups excluding carboxylic acids is 1. The second-order valence-corrected chi connectivity index (χ2v) is 10.1. The molecule has 1 aromatic heterocycles.